The van der Waals surface area contributed by atoms with Gasteiger partial charge >= 0.3 is 6.36 Å². The van der Waals surface area contributed by atoms with Crippen molar-refractivity contribution in [3.63, 3.8) is 0 Å². The first-order valence-electron chi connectivity index (χ1n) is 17.2. The van der Waals surface area contributed by atoms with Crippen LogP contribution in [0.4, 0.5) is 18.9 Å². The Morgan fingerprint density at radius 3 is 1.83 bits per heavy atom. The molecule has 284 valence electrons. The summed E-state index contributed by atoms with van der Waals surface area (Å²) < 4.78 is 43.0. The van der Waals surface area contributed by atoms with Crippen LogP contribution in [0.3, 0.4) is 0 Å². The molecule has 5 nitrogen and oxygen atoms in total. The van der Waals surface area contributed by atoms with E-state index in [-0.39, 0.29) is 49.0 Å². The molecule has 0 aliphatic carbocycles. The van der Waals surface area contributed by atoms with Gasteiger partial charge in [-0.3, -0.25) is 14.9 Å². The number of pyridine rings is 2. The average Bonchev–Trinajstić information content (AvgIpc) is 3.08. The molecule has 0 spiro atoms. The van der Waals surface area contributed by atoms with Crippen molar-refractivity contribution in [1.29, 1.82) is 0 Å². The number of alkyl halides is 3. The van der Waals surface area contributed by atoms with Crippen LogP contribution in [-0.4, -0.2) is 40.4 Å². The smallest absolute Gasteiger partial charge is 0.406 e. The third-order valence-electron chi connectivity index (χ3n) is 10.3. The first kappa shape index (κ1) is 43.6. The number of benzene rings is 3. The van der Waals surface area contributed by atoms with Crippen LogP contribution in [0, 0.1) is 41.5 Å². The quantitative estimate of drug-likeness (QED) is 0.149. The number of piperidine rings is 1. The monoisotopic (exact) mass is 786 g/mol. The van der Waals surface area contributed by atoms with Crippen LogP contribution < -0.4 is 9.64 Å². The standard InChI is InChI=1S/C42H45F3N4O.3ClH/c1-27-17-35(18-28(2)31(27)5)37-21-34(23-46-24-37)25-48-15-12-39(13-16-48)49(38-7-9-40(10-8-38)50-42(43,44)45)26-33-11-14-47-41(22-33)36-19-29(3)32(6)30(4)20-36;;;/h7-11,14,17-24,39H,12-13,15-16,25-26H2,1-6H3;3*1H. The van der Waals surface area contributed by atoms with Crippen molar-refractivity contribution in [1.82, 2.24) is 14.9 Å². The minimum atomic E-state index is -4.73. The van der Waals surface area contributed by atoms with Gasteiger partial charge in [-0.2, -0.15) is 0 Å². The molecule has 5 aromatic rings. The summed E-state index contributed by atoms with van der Waals surface area (Å²) in [4.78, 5) is 14.1. The molecule has 3 aromatic carbocycles. The molecule has 53 heavy (non-hydrogen) atoms. The average molecular weight is 788 g/mol. The molecule has 1 aliphatic heterocycles. The molecular formula is C42H48Cl3F3N4O. The van der Waals surface area contributed by atoms with Gasteiger partial charge in [0.1, 0.15) is 5.75 Å². The SMILES string of the molecule is Cc1cc(-c2cncc(CN3CCC(N(Cc4ccnc(-c5cc(C)c(C)c(C)c5)c4)c4ccc(OC(F)(F)F)cc4)CC3)c2)cc(C)c1C.Cl.Cl.Cl. The molecular weight excluding hydrogens is 740 g/mol. The first-order valence-corrected chi connectivity index (χ1v) is 17.2. The Labute approximate surface area is 330 Å². The summed E-state index contributed by atoms with van der Waals surface area (Å²) in [5, 5.41) is 0. The third-order valence-corrected chi connectivity index (χ3v) is 10.3. The summed E-state index contributed by atoms with van der Waals surface area (Å²) in [5.41, 5.74) is 15.0. The van der Waals surface area contributed by atoms with Crippen molar-refractivity contribution < 1.29 is 17.9 Å². The lowest BCUT2D eigenvalue weighted by Gasteiger charge is -2.40. The molecule has 0 amide bonds. The van der Waals surface area contributed by atoms with Crippen LogP contribution in [0.1, 0.15) is 57.3 Å². The van der Waals surface area contributed by atoms with E-state index in [1.807, 2.05) is 24.7 Å². The van der Waals surface area contributed by atoms with Crippen LogP contribution in [0.25, 0.3) is 22.4 Å². The predicted octanol–water partition coefficient (Wildman–Crippen LogP) is 11.5. The van der Waals surface area contributed by atoms with E-state index in [4.69, 9.17) is 4.98 Å². The minimum Gasteiger partial charge on any atom is -0.406 e. The Hall–Kier alpha value is -3.82. The predicted molar refractivity (Wildman–Crippen MR) is 217 cm³/mol. The van der Waals surface area contributed by atoms with Crippen molar-refractivity contribution >= 4 is 42.9 Å². The van der Waals surface area contributed by atoms with Gasteiger partial charge in [0.05, 0.1) is 5.69 Å². The van der Waals surface area contributed by atoms with Gasteiger partial charge in [0.15, 0.2) is 0 Å². The van der Waals surface area contributed by atoms with Crippen LogP contribution in [-0.2, 0) is 13.1 Å². The second kappa shape index (κ2) is 18.5. The molecule has 0 radical (unpaired) electrons. The molecule has 1 aliphatic rings. The number of ether oxygens (including phenoxy) is 1. The second-order valence-corrected chi connectivity index (χ2v) is 13.8. The van der Waals surface area contributed by atoms with Crippen molar-refractivity contribution in [3.8, 4) is 28.1 Å². The van der Waals surface area contributed by atoms with Gasteiger partial charge < -0.3 is 9.64 Å². The number of halogens is 6. The van der Waals surface area contributed by atoms with Gasteiger partial charge in [0, 0.05) is 67.6 Å². The molecule has 11 heteroatoms. The van der Waals surface area contributed by atoms with E-state index in [0.29, 0.717) is 6.54 Å². The number of nitrogens with zero attached hydrogens (tertiary/aromatic N) is 4. The summed E-state index contributed by atoms with van der Waals surface area (Å²) in [6, 6.07) is 21.7. The van der Waals surface area contributed by atoms with E-state index < -0.39 is 6.36 Å². The van der Waals surface area contributed by atoms with Gasteiger partial charge in [-0.15, -0.1) is 50.4 Å². The molecule has 0 unspecified atom stereocenters. The maximum Gasteiger partial charge on any atom is 0.573 e. The number of anilines is 1. The largest absolute Gasteiger partial charge is 0.573 e. The van der Waals surface area contributed by atoms with Gasteiger partial charge in [0.2, 0.25) is 0 Å². The maximum absolute atomic E-state index is 12.9. The highest BCUT2D eigenvalue weighted by molar-refractivity contribution is 5.86. The maximum atomic E-state index is 12.9. The van der Waals surface area contributed by atoms with Crippen molar-refractivity contribution in [2.45, 2.75) is 79.9 Å². The highest BCUT2D eigenvalue weighted by Gasteiger charge is 2.31. The number of rotatable bonds is 9. The normalized spacial score (nSPS) is 13.4. The Morgan fingerprint density at radius 2 is 1.26 bits per heavy atom. The number of aryl methyl sites for hydroxylation is 4. The Bertz CT molecular complexity index is 1930. The zero-order valence-corrected chi connectivity index (χ0v) is 33.4. The summed E-state index contributed by atoms with van der Waals surface area (Å²) >= 11 is 0. The van der Waals surface area contributed by atoms with Gasteiger partial charge in [-0.1, -0.05) is 12.1 Å². The van der Waals surface area contributed by atoms with Crippen molar-refractivity contribution in [2.24, 2.45) is 0 Å². The van der Waals surface area contributed by atoms with Gasteiger partial charge in [0.25, 0.3) is 0 Å². The van der Waals surface area contributed by atoms with Crippen LogP contribution in [0.2, 0.25) is 0 Å². The zero-order valence-electron chi connectivity index (χ0n) is 31.0. The number of hydrogen-bond acceptors (Lipinski definition) is 5. The topological polar surface area (TPSA) is 41.5 Å². The summed E-state index contributed by atoms with van der Waals surface area (Å²) in [7, 11) is 0. The lowest BCUT2D eigenvalue weighted by atomic mass is 9.96. The molecule has 0 atom stereocenters. The Kier molecular flexibility index (Phi) is 15.2. The molecule has 2 aromatic heterocycles. The summed E-state index contributed by atoms with van der Waals surface area (Å²) in [5.74, 6) is -0.223. The van der Waals surface area contributed by atoms with Crippen molar-refractivity contribution in [2.75, 3.05) is 18.0 Å². The van der Waals surface area contributed by atoms with E-state index in [9.17, 15) is 13.2 Å². The van der Waals surface area contributed by atoms with E-state index in [1.54, 1.807) is 12.1 Å². The second-order valence-electron chi connectivity index (χ2n) is 13.8. The molecule has 0 saturated carbocycles. The van der Waals surface area contributed by atoms with E-state index >= 15 is 0 Å². The lowest BCUT2D eigenvalue weighted by molar-refractivity contribution is -0.274. The van der Waals surface area contributed by atoms with Crippen molar-refractivity contribution in [3.05, 3.63) is 130 Å². The fourth-order valence-corrected chi connectivity index (χ4v) is 6.96. The minimum absolute atomic E-state index is 0. The van der Waals surface area contributed by atoms with Crippen LogP contribution in [0.15, 0.2) is 85.3 Å². The third kappa shape index (κ3) is 10.9. The summed E-state index contributed by atoms with van der Waals surface area (Å²) in [6.07, 6.45) is 2.84. The highest BCUT2D eigenvalue weighted by Crippen LogP contribution is 2.32. The van der Waals surface area contributed by atoms with E-state index in [1.165, 1.54) is 56.6 Å². The zero-order chi connectivity index (χ0) is 35.6. The number of hydrogen-bond donors (Lipinski definition) is 0. The fourth-order valence-electron chi connectivity index (χ4n) is 6.96. The number of likely N-dealkylation sites (tertiary alicyclic amines) is 1. The summed E-state index contributed by atoms with van der Waals surface area (Å²) in [6.45, 7) is 16.0. The van der Waals surface area contributed by atoms with Crippen LogP contribution >= 0.6 is 37.2 Å². The first-order chi connectivity index (χ1) is 23.8. The molecule has 3 heterocycles. The van der Waals surface area contributed by atoms with Crippen LogP contribution in [0.5, 0.6) is 5.75 Å². The molecule has 1 saturated heterocycles. The van der Waals surface area contributed by atoms with Gasteiger partial charge in [-0.05, 0) is 159 Å². The van der Waals surface area contributed by atoms with Gasteiger partial charge in [-0.25, -0.2) is 0 Å². The lowest BCUT2D eigenvalue weighted by Crippen LogP contribution is -2.44. The highest BCUT2D eigenvalue weighted by atomic mass is 35.5. The fraction of sp³-hybridized carbons (Fsp3) is 0.333. The number of aromatic nitrogens is 2. The Morgan fingerprint density at radius 1 is 0.698 bits per heavy atom. The molecule has 6 rings (SSSR count). The van der Waals surface area contributed by atoms with E-state index in [2.05, 4.69) is 97.5 Å². The molecule has 0 N–H and O–H groups in total. The van der Waals surface area contributed by atoms with E-state index in [0.717, 1.165) is 60.5 Å². The molecule has 0 bridgehead atoms. The Balaban J connectivity index is 0.00000252. The molecule has 1 fully saturated rings.